The van der Waals surface area contributed by atoms with E-state index in [1.807, 2.05) is 3.97 Å². The van der Waals surface area contributed by atoms with E-state index in [-0.39, 0.29) is 29.3 Å². The Morgan fingerprint density at radius 3 is 2.45 bits per heavy atom. The fourth-order valence-electron chi connectivity index (χ4n) is 4.18. The second kappa shape index (κ2) is 14.5. The molecule has 3 aromatic heterocycles. The molecule has 0 aliphatic heterocycles. The Kier molecular flexibility index (Phi) is 11.7. The van der Waals surface area contributed by atoms with Gasteiger partial charge in [-0.25, -0.2) is 17.7 Å². The Morgan fingerprint density at radius 1 is 1.11 bits per heavy atom. The van der Waals surface area contributed by atoms with Gasteiger partial charge in [0, 0.05) is 43.6 Å². The molecule has 4 rings (SSSR count). The summed E-state index contributed by atoms with van der Waals surface area (Å²) in [6.45, 7) is -0.678. The Morgan fingerprint density at radius 2 is 1.84 bits per heavy atom. The molecule has 10 nitrogen and oxygen atoms in total. The van der Waals surface area contributed by atoms with E-state index in [2.05, 4.69) is 54.0 Å². The molecule has 236 valence electrons. The minimum Gasteiger partial charge on any atom is -0.494 e. The molecule has 4 aromatic rings. The molecule has 0 aliphatic rings. The van der Waals surface area contributed by atoms with Gasteiger partial charge in [-0.05, 0) is 80.0 Å². The molecule has 0 unspecified atom stereocenters. The van der Waals surface area contributed by atoms with Gasteiger partial charge >= 0.3 is 6.18 Å². The molecule has 0 spiro atoms. The highest BCUT2D eigenvalue weighted by atomic mass is 127. The minimum absolute atomic E-state index is 0.00695. The van der Waals surface area contributed by atoms with Crippen molar-refractivity contribution in [2.75, 3.05) is 32.4 Å². The predicted molar refractivity (Wildman–Crippen MR) is 181 cm³/mol. The number of ether oxygens (including phenoxy) is 3. The molecule has 0 amide bonds. The number of hydrogen-bond acceptors (Lipinski definition) is 9. The molecule has 0 radical (unpaired) electrons. The van der Waals surface area contributed by atoms with Gasteiger partial charge < -0.3 is 14.2 Å². The number of nitrogens with zero attached hydrogens (tertiary/aromatic N) is 4. The lowest BCUT2D eigenvalue weighted by atomic mass is 10.0. The molecule has 44 heavy (non-hydrogen) atoms. The first-order valence-electron chi connectivity index (χ1n) is 12.0. The molecule has 0 aliphatic carbocycles. The zero-order chi connectivity index (χ0) is 32.4. The minimum atomic E-state index is -4.93. The van der Waals surface area contributed by atoms with Crippen LogP contribution in [0.25, 0.3) is 11.0 Å². The number of ketones is 1. The summed E-state index contributed by atoms with van der Waals surface area (Å²) >= 11 is 11.8. The summed E-state index contributed by atoms with van der Waals surface area (Å²) in [5.41, 5.74) is -0.996. The second-order valence-corrected chi connectivity index (χ2v) is 28.8. The third kappa shape index (κ3) is 7.39. The van der Waals surface area contributed by atoms with Crippen LogP contribution < -0.4 is 9.04 Å². The van der Waals surface area contributed by atoms with E-state index in [1.54, 1.807) is 12.3 Å². The van der Waals surface area contributed by atoms with E-state index >= 15 is 0 Å². The fraction of sp³-hybridized carbons (Fsp3) is 0.240. The summed E-state index contributed by atoms with van der Waals surface area (Å²) in [4.78, 5) is 22.3. The lowest BCUT2D eigenvalue weighted by molar-refractivity contribution is -0.137. The van der Waals surface area contributed by atoms with E-state index < -0.39 is 46.6 Å². The average Bonchev–Trinajstić information content (AvgIpc) is 3.36. The smallest absolute Gasteiger partial charge is 0.417 e. The number of sulfonamides is 1. The number of halogens is 6. The molecule has 0 saturated carbocycles. The molecule has 19 heteroatoms. The number of carbonyl (C=O) groups is 1. The van der Waals surface area contributed by atoms with E-state index in [4.69, 9.17) is 25.8 Å². The molecular weight excluding hydrogens is 894 g/mol. The van der Waals surface area contributed by atoms with Crippen molar-refractivity contribution in [3.63, 3.8) is 0 Å². The lowest BCUT2D eigenvalue weighted by Crippen LogP contribution is -2.35. The molecule has 0 fully saturated rings. The third-order valence-electron chi connectivity index (χ3n) is 6.04. The third-order valence-corrected chi connectivity index (χ3v) is 12.8. The van der Waals surface area contributed by atoms with Crippen molar-refractivity contribution >= 4 is 102 Å². The van der Waals surface area contributed by atoms with Gasteiger partial charge in [-0.15, -0.1) is 0 Å². The zero-order valence-electron chi connectivity index (χ0n) is 22.8. The van der Waals surface area contributed by atoms with Crippen molar-refractivity contribution < 1.29 is 40.6 Å². The van der Waals surface area contributed by atoms with Gasteiger partial charge in [-0.2, -0.15) is 13.2 Å². The molecule has 0 N–H and O–H groups in total. The number of anilines is 1. The van der Waals surface area contributed by atoms with Gasteiger partial charge in [0.1, 0.15) is 20.6 Å². The molecule has 0 bridgehead atoms. The molecule has 3 heterocycles. The van der Waals surface area contributed by atoms with E-state index in [1.165, 1.54) is 51.4 Å². The van der Waals surface area contributed by atoms with Crippen molar-refractivity contribution in [2.45, 2.75) is 17.7 Å². The number of hydrogen-bond donors (Lipinski definition) is 0. The monoisotopic (exact) mass is 914 g/mol. The van der Waals surface area contributed by atoms with Gasteiger partial charge in [0.05, 0.1) is 46.6 Å². The maximum Gasteiger partial charge on any atom is 0.417 e. The van der Waals surface area contributed by atoms with Gasteiger partial charge in [0.2, 0.25) is 5.78 Å². The summed E-state index contributed by atoms with van der Waals surface area (Å²) < 4.78 is 86.7. The predicted octanol–water partition coefficient (Wildman–Crippen LogP) is 7.88. The topological polar surface area (TPSA) is 113 Å². The average molecular weight is 915 g/mol. The Hall–Kier alpha value is -1.48. The van der Waals surface area contributed by atoms with Gasteiger partial charge in [0.25, 0.3) is 10.0 Å². The number of pyridine rings is 2. The van der Waals surface area contributed by atoms with Crippen molar-refractivity contribution in [3.05, 3.63) is 76.3 Å². The molecule has 1 aromatic carbocycles. The number of aromatic nitrogens is 3. The first kappa shape index (κ1) is 35.4. The Bertz CT molecular complexity index is 1810. The first-order chi connectivity index (χ1) is 20.7. The second-order valence-electron chi connectivity index (χ2n) is 8.75. The fourth-order valence-corrected chi connectivity index (χ4v) is 10.5. The van der Waals surface area contributed by atoms with Crippen LogP contribution in [-0.2, 0) is 32.3 Å². The molecule has 0 saturated heterocycles. The van der Waals surface area contributed by atoms with Crippen molar-refractivity contribution in [3.8, 4) is 5.75 Å². The quantitative estimate of drug-likeness (QED) is 0.0607. The van der Waals surface area contributed by atoms with Crippen LogP contribution >= 0.6 is 69.7 Å². The summed E-state index contributed by atoms with van der Waals surface area (Å²) in [5, 5.41) is -0.250. The van der Waals surface area contributed by atoms with Gasteiger partial charge in [0.15, 0.2) is 5.65 Å². The Balaban J connectivity index is 1.96. The maximum atomic E-state index is 14.3. The van der Waals surface area contributed by atoms with Crippen LogP contribution in [0.15, 0.2) is 53.8 Å². The summed E-state index contributed by atoms with van der Waals surface area (Å²) in [5.74, 6) is -0.607. The lowest BCUT2D eigenvalue weighted by Gasteiger charge is -2.26. The number of benzene rings is 1. The summed E-state index contributed by atoms with van der Waals surface area (Å²) in [6.07, 6.45) is -0.456. The highest BCUT2D eigenvalue weighted by Gasteiger charge is 2.37. The van der Waals surface area contributed by atoms with Crippen LogP contribution in [0.2, 0.25) is 5.02 Å². The van der Waals surface area contributed by atoms with Crippen LogP contribution in [0.1, 0.15) is 27.2 Å². The maximum absolute atomic E-state index is 14.3. The molecular formula is C25H21ClF3I2N4O6PS2. The molecule has 0 atom stereocenters. The number of fused-ring (bicyclic) bond motifs is 1. The van der Waals surface area contributed by atoms with Crippen LogP contribution in [0.5, 0.6) is 5.75 Å². The van der Waals surface area contributed by atoms with Crippen molar-refractivity contribution in [1.29, 1.82) is 0 Å². The first-order valence-corrected chi connectivity index (χ1v) is 22.1. The van der Waals surface area contributed by atoms with E-state index in [0.717, 1.165) is 12.1 Å². The van der Waals surface area contributed by atoms with Crippen LogP contribution in [0.4, 0.5) is 18.9 Å². The highest BCUT2D eigenvalue weighted by molar-refractivity contribution is 14.3. The highest BCUT2D eigenvalue weighted by Crippen LogP contribution is 2.65. The van der Waals surface area contributed by atoms with Crippen molar-refractivity contribution in [2.24, 2.45) is 0 Å². The number of methoxy groups -OCH3 is 3. The van der Waals surface area contributed by atoms with Crippen LogP contribution in [0.3, 0.4) is 0 Å². The summed E-state index contributed by atoms with van der Waals surface area (Å²) in [6, 6.07) is 5.25. The normalized spacial score (nSPS) is 12.2. The van der Waals surface area contributed by atoms with Crippen molar-refractivity contribution in [1.82, 2.24) is 13.9 Å². The zero-order valence-corrected chi connectivity index (χ0v) is 30.4. The number of alkyl halides is 3. The van der Waals surface area contributed by atoms with Gasteiger partial charge in [-0.3, -0.25) is 13.8 Å². The van der Waals surface area contributed by atoms with E-state index in [9.17, 15) is 26.4 Å². The number of carbonyl (C=O) groups excluding carboxylic acids is 1. The van der Waals surface area contributed by atoms with E-state index in [0.29, 0.717) is 27.0 Å². The van der Waals surface area contributed by atoms with Crippen LogP contribution in [0, 0.1) is 0 Å². The largest absolute Gasteiger partial charge is 0.494 e. The Labute approximate surface area is 286 Å². The standard InChI is InChI=1S/C25H21ClF3I2N4O6PS2/c1-39-12-14-8-19(35(13-40-2)44(37,38)15-4-5-18(26)17(9-15)25(27,28)29)22(32-10-14)23(36)21-16-6-7-34(43-42(30)31)24(16)33-11-20(21)41-3/h4-11H,12-13H2,1-3H3. The van der Waals surface area contributed by atoms with Crippen LogP contribution in [-0.4, -0.2) is 56.2 Å². The summed E-state index contributed by atoms with van der Waals surface area (Å²) in [7, 11) is -0.820. The SMILES string of the molecule is COCc1cnc(C(=O)c2c(OC)cnc3c2ccn3SP(I)I)c(N(COC)S(=O)(=O)c2ccc(Cl)c(C(F)(F)F)c2)c1. The number of rotatable bonds is 12. The van der Waals surface area contributed by atoms with Gasteiger partial charge in [-0.1, -0.05) is 11.6 Å².